The first-order chi connectivity index (χ1) is 11.8. The number of carboxylic acid groups (broad SMARTS) is 1. The monoisotopic (exact) mass is 352 g/mol. The lowest BCUT2D eigenvalue weighted by molar-refractivity contribution is 0.0520. The second-order valence-corrected chi connectivity index (χ2v) is 6.61. The summed E-state index contributed by atoms with van der Waals surface area (Å²) < 4.78 is 10.7. The van der Waals surface area contributed by atoms with Gasteiger partial charge in [-0.15, -0.1) is 0 Å². The molecule has 0 bridgehead atoms. The molecule has 0 spiro atoms. The molecule has 0 aromatic heterocycles. The Balaban J connectivity index is 2.17. The van der Waals surface area contributed by atoms with Gasteiger partial charge in [-0.2, -0.15) is 0 Å². The van der Waals surface area contributed by atoms with E-state index in [1.807, 2.05) is 45.0 Å². The molecule has 0 saturated heterocycles. The molecule has 0 aliphatic carbocycles. The SMILES string of the molecule is CC(C)(C)OC(=O)NCCOc1ccc(CCCCNC(=O)O)cc1. The molecular weight excluding hydrogens is 324 g/mol. The predicted molar refractivity (Wildman–Crippen MR) is 95.1 cm³/mol. The zero-order chi connectivity index (χ0) is 18.7. The minimum atomic E-state index is -0.984. The van der Waals surface area contributed by atoms with Crippen LogP contribution in [0.5, 0.6) is 5.75 Å². The average molecular weight is 352 g/mol. The fraction of sp³-hybridized carbons (Fsp3) is 0.556. The van der Waals surface area contributed by atoms with E-state index in [1.165, 1.54) is 5.56 Å². The summed E-state index contributed by atoms with van der Waals surface area (Å²) >= 11 is 0. The third-order valence-electron chi connectivity index (χ3n) is 3.13. The quantitative estimate of drug-likeness (QED) is 0.593. The summed E-state index contributed by atoms with van der Waals surface area (Å²) in [5.74, 6) is 0.738. The topological polar surface area (TPSA) is 96.9 Å². The van der Waals surface area contributed by atoms with Crippen LogP contribution in [0.15, 0.2) is 24.3 Å². The molecule has 2 amide bonds. The molecule has 25 heavy (non-hydrogen) atoms. The van der Waals surface area contributed by atoms with Gasteiger partial charge in [0.15, 0.2) is 0 Å². The van der Waals surface area contributed by atoms with Crippen LogP contribution < -0.4 is 15.4 Å². The highest BCUT2D eigenvalue weighted by molar-refractivity contribution is 5.67. The summed E-state index contributed by atoms with van der Waals surface area (Å²) in [5, 5.41) is 13.5. The van der Waals surface area contributed by atoms with E-state index >= 15 is 0 Å². The molecule has 1 rings (SSSR count). The number of aryl methyl sites for hydroxylation is 1. The van der Waals surface area contributed by atoms with Crippen LogP contribution in [-0.2, 0) is 11.2 Å². The Hall–Kier alpha value is -2.44. The van der Waals surface area contributed by atoms with Gasteiger partial charge in [0.2, 0.25) is 0 Å². The van der Waals surface area contributed by atoms with Crippen LogP contribution in [0.1, 0.15) is 39.2 Å². The Kier molecular flexibility index (Phi) is 8.60. The summed E-state index contributed by atoms with van der Waals surface area (Å²) in [4.78, 5) is 21.8. The minimum absolute atomic E-state index is 0.361. The Morgan fingerprint density at radius 1 is 1.04 bits per heavy atom. The van der Waals surface area contributed by atoms with E-state index in [1.54, 1.807) is 0 Å². The fourth-order valence-electron chi connectivity index (χ4n) is 2.04. The number of carbonyl (C=O) groups is 2. The minimum Gasteiger partial charge on any atom is -0.492 e. The van der Waals surface area contributed by atoms with Gasteiger partial charge in [0.1, 0.15) is 18.0 Å². The highest BCUT2D eigenvalue weighted by atomic mass is 16.6. The maximum Gasteiger partial charge on any atom is 0.407 e. The van der Waals surface area contributed by atoms with Crippen molar-refractivity contribution in [1.82, 2.24) is 10.6 Å². The molecule has 0 unspecified atom stereocenters. The summed E-state index contributed by atoms with van der Waals surface area (Å²) in [6.07, 6.45) is 1.18. The number of amides is 2. The van der Waals surface area contributed by atoms with Crippen molar-refractivity contribution in [3.63, 3.8) is 0 Å². The normalized spacial score (nSPS) is 10.8. The lowest BCUT2D eigenvalue weighted by Crippen LogP contribution is -2.34. The van der Waals surface area contributed by atoms with Crippen molar-refractivity contribution in [2.24, 2.45) is 0 Å². The molecule has 7 nitrogen and oxygen atoms in total. The summed E-state index contributed by atoms with van der Waals surface area (Å²) in [5.41, 5.74) is 0.666. The summed E-state index contributed by atoms with van der Waals surface area (Å²) in [6.45, 7) is 6.64. The number of benzene rings is 1. The third-order valence-corrected chi connectivity index (χ3v) is 3.13. The molecular formula is C18H28N2O5. The van der Waals surface area contributed by atoms with E-state index < -0.39 is 17.8 Å². The maximum absolute atomic E-state index is 11.5. The number of rotatable bonds is 9. The second-order valence-electron chi connectivity index (χ2n) is 6.61. The molecule has 0 aliphatic rings. The Bertz CT molecular complexity index is 537. The van der Waals surface area contributed by atoms with Gasteiger partial charge < -0.3 is 25.2 Å². The molecule has 0 radical (unpaired) electrons. The molecule has 1 aromatic rings. The molecule has 0 heterocycles. The highest BCUT2D eigenvalue weighted by Crippen LogP contribution is 2.13. The summed E-state index contributed by atoms with van der Waals surface area (Å²) in [6, 6.07) is 7.75. The van der Waals surface area contributed by atoms with E-state index in [4.69, 9.17) is 14.6 Å². The number of carbonyl (C=O) groups excluding carboxylic acids is 1. The van der Waals surface area contributed by atoms with Gasteiger partial charge >= 0.3 is 12.2 Å². The first-order valence-corrected chi connectivity index (χ1v) is 8.41. The van der Waals surface area contributed by atoms with E-state index in [-0.39, 0.29) is 0 Å². The molecule has 0 atom stereocenters. The number of hydrogen-bond donors (Lipinski definition) is 3. The predicted octanol–water partition coefficient (Wildman–Crippen LogP) is 3.18. The standard InChI is InChI=1S/C18H28N2O5/c1-18(2,3)25-17(23)20-12-13-24-15-9-7-14(8-10-15)6-4-5-11-19-16(21)22/h7-10,19H,4-6,11-13H2,1-3H3,(H,20,23)(H,21,22). The second kappa shape index (κ2) is 10.4. The lowest BCUT2D eigenvalue weighted by atomic mass is 10.1. The van der Waals surface area contributed by atoms with Crippen LogP contribution in [0, 0.1) is 0 Å². The van der Waals surface area contributed by atoms with Crippen LogP contribution in [-0.4, -0.2) is 42.6 Å². The van der Waals surface area contributed by atoms with Gasteiger partial charge in [0, 0.05) is 6.54 Å². The molecule has 140 valence electrons. The van der Waals surface area contributed by atoms with Gasteiger partial charge in [0.25, 0.3) is 0 Å². The van der Waals surface area contributed by atoms with Crippen molar-refractivity contribution in [2.75, 3.05) is 19.7 Å². The third kappa shape index (κ3) is 10.9. The number of nitrogens with one attached hydrogen (secondary N) is 2. The van der Waals surface area contributed by atoms with Gasteiger partial charge in [-0.3, -0.25) is 0 Å². The molecule has 0 saturated carbocycles. The van der Waals surface area contributed by atoms with E-state index in [2.05, 4.69) is 10.6 Å². The van der Waals surface area contributed by atoms with Crippen molar-refractivity contribution >= 4 is 12.2 Å². The van der Waals surface area contributed by atoms with Crippen LogP contribution in [0.3, 0.4) is 0 Å². The van der Waals surface area contributed by atoms with Gasteiger partial charge in [0.05, 0.1) is 6.54 Å². The molecule has 3 N–H and O–H groups in total. The molecule has 0 aliphatic heterocycles. The molecule has 0 fully saturated rings. The van der Waals surface area contributed by atoms with Gasteiger partial charge in [-0.05, 0) is 57.7 Å². The van der Waals surface area contributed by atoms with Gasteiger partial charge in [-0.1, -0.05) is 12.1 Å². The molecule has 1 aromatic carbocycles. The fourth-order valence-corrected chi connectivity index (χ4v) is 2.04. The number of hydrogen-bond acceptors (Lipinski definition) is 4. The summed E-state index contributed by atoms with van der Waals surface area (Å²) in [7, 11) is 0. The lowest BCUT2D eigenvalue weighted by Gasteiger charge is -2.19. The molecule has 7 heteroatoms. The van der Waals surface area contributed by atoms with Crippen LogP contribution in [0.25, 0.3) is 0 Å². The smallest absolute Gasteiger partial charge is 0.407 e. The van der Waals surface area contributed by atoms with Crippen molar-refractivity contribution in [3.05, 3.63) is 29.8 Å². The van der Waals surface area contributed by atoms with E-state index in [9.17, 15) is 9.59 Å². The number of ether oxygens (including phenoxy) is 2. The van der Waals surface area contributed by atoms with Crippen molar-refractivity contribution in [3.8, 4) is 5.75 Å². The Morgan fingerprint density at radius 3 is 2.32 bits per heavy atom. The van der Waals surface area contributed by atoms with Crippen molar-refractivity contribution in [2.45, 2.75) is 45.6 Å². The average Bonchev–Trinajstić information content (AvgIpc) is 2.50. The van der Waals surface area contributed by atoms with Crippen molar-refractivity contribution < 1.29 is 24.2 Å². The zero-order valence-corrected chi connectivity index (χ0v) is 15.1. The van der Waals surface area contributed by atoms with E-state index in [0.29, 0.717) is 19.7 Å². The van der Waals surface area contributed by atoms with Gasteiger partial charge in [-0.25, -0.2) is 9.59 Å². The number of unbranched alkanes of at least 4 members (excludes halogenated alkanes) is 1. The first kappa shape index (κ1) is 20.6. The largest absolute Gasteiger partial charge is 0.492 e. The van der Waals surface area contributed by atoms with Crippen LogP contribution in [0.4, 0.5) is 9.59 Å². The Labute approximate surface area is 148 Å². The highest BCUT2D eigenvalue weighted by Gasteiger charge is 2.15. The zero-order valence-electron chi connectivity index (χ0n) is 15.1. The van der Waals surface area contributed by atoms with Crippen LogP contribution >= 0.6 is 0 Å². The van der Waals surface area contributed by atoms with Crippen LogP contribution in [0.2, 0.25) is 0 Å². The Morgan fingerprint density at radius 2 is 1.72 bits per heavy atom. The maximum atomic E-state index is 11.5. The first-order valence-electron chi connectivity index (χ1n) is 8.41. The number of alkyl carbamates (subject to hydrolysis) is 1. The van der Waals surface area contributed by atoms with Crippen molar-refractivity contribution in [1.29, 1.82) is 0 Å². The van der Waals surface area contributed by atoms with E-state index in [0.717, 1.165) is 25.0 Å².